The molecule has 0 bridgehead atoms. The number of benzene rings is 2. The zero-order chi connectivity index (χ0) is 24.5. The number of halogens is 2. The van der Waals surface area contributed by atoms with Crippen LogP contribution in [0.15, 0.2) is 41.3 Å². The maximum Gasteiger partial charge on any atom is 0.256 e. The molecule has 0 unspecified atom stereocenters. The van der Waals surface area contributed by atoms with Crippen LogP contribution in [0.4, 0.5) is 14.5 Å². The van der Waals surface area contributed by atoms with Gasteiger partial charge in [0.25, 0.3) is 5.91 Å². The molecule has 0 atom stereocenters. The molecule has 0 aliphatic carbocycles. The van der Waals surface area contributed by atoms with Gasteiger partial charge in [-0.1, -0.05) is 0 Å². The fourth-order valence-corrected chi connectivity index (χ4v) is 5.50. The Balaban J connectivity index is 1.48. The molecule has 2 aromatic rings. The Morgan fingerprint density at radius 3 is 2.18 bits per heavy atom. The minimum atomic E-state index is -3.88. The maximum atomic E-state index is 14.5. The second kappa shape index (κ2) is 9.77. The minimum absolute atomic E-state index is 0.148. The van der Waals surface area contributed by atoms with Crippen LogP contribution in [0.5, 0.6) is 0 Å². The SMILES string of the molecule is CC(=O)c1ccc(N2CCN(C(=O)c3cc(S(=O)(=O)N4CCOCC4)ccc3F)CC2)c(F)c1. The number of morpholine rings is 1. The second-order valence-electron chi connectivity index (χ2n) is 8.16. The highest BCUT2D eigenvalue weighted by Crippen LogP contribution is 2.25. The van der Waals surface area contributed by atoms with Crippen LogP contribution < -0.4 is 4.90 Å². The standard InChI is InChI=1S/C23H25F2N3O5S/c1-16(29)17-2-5-22(21(25)14-17)26-6-8-27(9-7-26)23(30)19-15-18(3-4-20(19)24)34(31,32)28-10-12-33-13-11-28/h2-5,14-15H,6-13H2,1H3. The van der Waals surface area contributed by atoms with Crippen LogP contribution in [-0.4, -0.2) is 81.8 Å². The summed E-state index contributed by atoms with van der Waals surface area (Å²) in [4.78, 5) is 27.5. The van der Waals surface area contributed by atoms with Gasteiger partial charge in [-0.3, -0.25) is 9.59 Å². The second-order valence-corrected chi connectivity index (χ2v) is 10.1. The quantitative estimate of drug-likeness (QED) is 0.594. The van der Waals surface area contributed by atoms with Gasteiger partial charge in [-0.15, -0.1) is 0 Å². The number of ketones is 1. The number of piperazine rings is 1. The van der Waals surface area contributed by atoms with E-state index in [9.17, 15) is 26.8 Å². The normalized spacial score (nSPS) is 17.6. The number of carbonyl (C=O) groups is 2. The molecule has 2 fully saturated rings. The van der Waals surface area contributed by atoms with Gasteiger partial charge in [-0.05, 0) is 43.3 Å². The van der Waals surface area contributed by atoms with Crippen molar-refractivity contribution in [3.8, 4) is 0 Å². The number of hydrogen-bond acceptors (Lipinski definition) is 6. The first-order valence-corrected chi connectivity index (χ1v) is 12.3. The van der Waals surface area contributed by atoms with E-state index in [1.165, 1.54) is 28.3 Å². The van der Waals surface area contributed by atoms with Gasteiger partial charge in [0.15, 0.2) is 5.78 Å². The topological polar surface area (TPSA) is 87.2 Å². The van der Waals surface area contributed by atoms with E-state index >= 15 is 0 Å². The summed E-state index contributed by atoms with van der Waals surface area (Å²) in [6.45, 7) is 3.29. The first-order chi connectivity index (χ1) is 16.2. The maximum absolute atomic E-state index is 14.5. The molecule has 2 saturated heterocycles. The van der Waals surface area contributed by atoms with Crippen molar-refractivity contribution in [2.75, 3.05) is 57.4 Å². The number of amides is 1. The van der Waals surface area contributed by atoms with E-state index in [1.54, 1.807) is 11.0 Å². The van der Waals surface area contributed by atoms with Gasteiger partial charge in [0.05, 0.1) is 29.4 Å². The van der Waals surface area contributed by atoms with Crippen molar-refractivity contribution in [1.29, 1.82) is 0 Å². The van der Waals surface area contributed by atoms with Gasteiger partial charge < -0.3 is 14.5 Å². The Morgan fingerprint density at radius 2 is 1.56 bits per heavy atom. The fourth-order valence-electron chi connectivity index (χ4n) is 4.07. The van der Waals surface area contributed by atoms with Crippen molar-refractivity contribution in [3.05, 3.63) is 59.2 Å². The smallest absolute Gasteiger partial charge is 0.256 e. The number of hydrogen-bond donors (Lipinski definition) is 0. The molecular formula is C23H25F2N3O5S. The third-order valence-electron chi connectivity index (χ3n) is 6.04. The van der Waals surface area contributed by atoms with E-state index < -0.39 is 27.6 Å². The summed E-state index contributed by atoms with van der Waals surface area (Å²) in [5.74, 6) is -2.19. The molecule has 8 nitrogen and oxygen atoms in total. The molecule has 11 heteroatoms. The summed E-state index contributed by atoms with van der Waals surface area (Å²) in [6, 6.07) is 7.49. The van der Waals surface area contributed by atoms with Gasteiger partial charge in [0.1, 0.15) is 11.6 Å². The average molecular weight is 494 g/mol. The van der Waals surface area contributed by atoms with Gasteiger partial charge in [-0.2, -0.15) is 4.31 Å². The summed E-state index contributed by atoms with van der Waals surface area (Å²) >= 11 is 0. The van der Waals surface area contributed by atoms with Gasteiger partial charge >= 0.3 is 0 Å². The molecule has 4 rings (SSSR count). The van der Waals surface area contributed by atoms with Gasteiger partial charge in [0, 0.05) is 44.8 Å². The Kier molecular flexibility index (Phi) is 6.96. The van der Waals surface area contributed by atoms with E-state index in [-0.39, 0.29) is 61.2 Å². The van der Waals surface area contributed by atoms with E-state index in [0.717, 1.165) is 18.2 Å². The van der Waals surface area contributed by atoms with Crippen molar-refractivity contribution >= 4 is 27.4 Å². The molecule has 2 heterocycles. The summed E-state index contributed by atoms with van der Waals surface area (Å²) in [5.41, 5.74) is 0.277. The first-order valence-electron chi connectivity index (χ1n) is 10.9. The Labute approximate surface area is 196 Å². The molecule has 2 aliphatic rings. The summed E-state index contributed by atoms with van der Waals surface area (Å²) in [5, 5.41) is 0. The lowest BCUT2D eigenvalue weighted by atomic mass is 10.1. The van der Waals surface area contributed by atoms with Crippen molar-refractivity contribution < 1.29 is 31.5 Å². The van der Waals surface area contributed by atoms with Crippen LogP contribution in [-0.2, 0) is 14.8 Å². The van der Waals surface area contributed by atoms with Crippen LogP contribution in [0.3, 0.4) is 0 Å². The number of rotatable bonds is 5. The highest BCUT2D eigenvalue weighted by atomic mass is 32.2. The lowest BCUT2D eigenvalue weighted by molar-refractivity contribution is 0.0728. The van der Waals surface area contributed by atoms with Crippen LogP contribution in [0.1, 0.15) is 27.6 Å². The van der Waals surface area contributed by atoms with Gasteiger partial charge in [0.2, 0.25) is 10.0 Å². The van der Waals surface area contributed by atoms with Crippen LogP contribution >= 0.6 is 0 Å². The van der Waals surface area contributed by atoms with Crippen molar-refractivity contribution in [2.24, 2.45) is 0 Å². The van der Waals surface area contributed by atoms with Crippen LogP contribution in [0, 0.1) is 11.6 Å². The third kappa shape index (κ3) is 4.82. The monoisotopic (exact) mass is 493 g/mol. The van der Waals surface area contributed by atoms with Crippen molar-refractivity contribution in [1.82, 2.24) is 9.21 Å². The van der Waals surface area contributed by atoms with Crippen LogP contribution in [0.2, 0.25) is 0 Å². The molecule has 182 valence electrons. The summed E-state index contributed by atoms with van der Waals surface area (Å²) in [6.07, 6.45) is 0. The zero-order valence-electron chi connectivity index (χ0n) is 18.7. The highest BCUT2D eigenvalue weighted by Gasteiger charge is 2.30. The number of ether oxygens (including phenoxy) is 1. The summed E-state index contributed by atoms with van der Waals surface area (Å²) < 4.78 is 61.3. The molecule has 0 N–H and O–H groups in total. The number of anilines is 1. The van der Waals surface area contributed by atoms with E-state index in [2.05, 4.69) is 0 Å². The Morgan fingerprint density at radius 1 is 0.882 bits per heavy atom. The number of nitrogens with zero attached hydrogens (tertiary/aromatic N) is 3. The number of Topliss-reactive ketones (excluding diaryl/α,β-unsaturated/α-hetero) is 1. The number of sulfonamides is 1. The third-order valence-corrected chi connectivity index (χ3v) is 7.93. The molecule has 34 heavy (non-hydrogen) atoms. The average Bonchev–Trinajstić information content (AvgIpc) is 2.84. The van der Waals surface area contributed by atoms with Gasteiger partial charge in [-0.25, -0.2) is 17.2 Å². The predicted octanol–water partition coefficient (Wildman–Crippen LogP) is 2.15. The van der Waals surface area contributed by atoms with Crippen molar-refractivity contribution in [2.45, 2.75) is 11.8 Å². The molecule has 2 aliphatic heterocycles. The lowest BCUT2D eigenvalue weighted by Gasteiger charge is -2.36. The molecule has 0 saturated carbocycles. The van der Waals surface area contributed by atoms with E-state index in [4.69, 9.17) is 4.74 Å². The highest BCUT2D eigenvalue weighted by molar-refractivity contribution is 7.89. The summed E-state index contributed by atoms with van der Waals surface area (Å²) in [7, 11) is -3.88. The molecule has 0 radical (unpaired) electrons. The Bertz CT molecular complexity index is 1210. The minimum Gasteiger partial charge on any atom is -0.379 e. The lowest BCUT2D eigenvalue weighted by Crippen LogP contribution is -2.49. The fraction of sp³-hybridized carbons (Fsp3) is 0.391. The zero-order valence-corrected chi connectivity index (χ0v) is 19.5. The Hall–Kier alpha value is -2.89. The van der Waals surface area contributed by atoms with E-state index in [1.807, 2.05) is 0 Å². The molecule has 0 spiro atoms. The van der Waals surface area contributed by atoms with Crippen LogP contribution in [0.25, 0.3) is 0 Å². The van der Waals surface area contributed by atoms with E-state index in [0.29, 0.717) is 18.8 Å². The molecular weight excluding hydrogens is 468 g/mol. The molecule has 1 amide bonds. The molecule has 0 aromatic heterocycles. The molecule has 2 aromatic carbocycles. The predicted molar refractivity (Wildman–Crippen MR) is 120 cm³/mol. The van der Waals surface area contributed by atoms with Crippen molar-refractivity contribution in [3.63, 3.8) is 0 Å². The largest absolute Gasteiger partial charge is 0.379 e. The number of carbonyl (C=O) groups excluding carboxylic acids is 2. The first kappa shape index (κ1) is 24.2.